The minimum absolute atomic E-state index is 0.0406. The summed E-state index contributed by atoms with van der Waals surface area (Å²) in [5, 5.41) is 10.3. The Labute approximate surface area is 113 Å². The first kappa shape index (κ1) is 12.6. The van der Waals surface area contributed by atoms with Crippen molar-refractivity contribution in [2.75, 3.05) is 26.2 Å². The Morgan fingerprint density at radius 1 is 1.26 bits per heavy atom. The van der Waals surface area contributed by atoms with Crippen molar-refractivity contribution >= 4 is 5.91 Å². The van der Waals surface area contributed by atoms with Crippen LogP contribution in [-0.2, 0) is 5.41 Å². The van der Waals surface area contributed by atoms with Crippen LogP contribution >= 0.6 is 0 Å². The van der Waals surface area contributed by atoms with E-state index in [-0.39, 0.29) is 11.3 Å². The Hall–Kier alpha value is -1.43. The minimum Gasteiger partial charge on any atom is -0.335 e. The quantitative estimate of drug-likeness (QED) is 0.769. The number of hydrogen-bond donors (Lipinski definition) is 2. The maximum absolute atomic E-state index is 12.4. The predicted molar refractivity (Wildman–Crippen MR) is 70.8 cm³/mol. The van der Waals surface area contributed by atoms with Gasteiger partial charge in [0.15, 0.2) is 0 Å². The fourth-order valence-corrected chi connectivity index (χ4v) is 2.86. The molecule has 1 aromatic rings. The molecule has 2 N–H and O–H groups in total. The molecule has 0 spiro atoms. The molecule has 0 radical (unpaired) electrons. The molecular weight excluding hydrogens is 242 g/mol. The van der Waals surface area contributed by atoms with Gasteiger partial charge in [-0.05, 0) is 11.8 Å². The number of H-pyrrole nitrogens is 1. The summed E-state index contributed by atoms with van der Waals surface area (Å²) in [6.45, 7) is 9.85. The highest BCUT2D eigenvalue weighted by atomic mass is 16.2. The number of nitrogens with zero attached hydrogens (tertiary/aromatic N) is 3. The lowest BCUT2D eigenvalue weighted by Crippen LogP contribution is -2.32. The Bertz CT molecular complexity index is 477. The molecule has 1 amide bonds. The molecular formula is C13H21N5O. The van der Waals surface area contributed by atoms with Gasteiger partial charge in [-0.25, -0.2) is 4.98 Å². The van der Waals surface area contributed by atoms with Crippen molar-refractivity contribution in [3.63, 3.8) is 0 Å². The zero-order valence-electron chi connectivity index (χ0n) is 11.7. The average Bonchev–Trinajstić information content (AvgIpc) is 3.01. The number of aromatic amines is 1. The van der Waals surface area contributed by atoms with Crippen LogP contribution in [0.5, 0.6) is 0 Å². The molecule has 2 unspecified atom stereocenters. The summed E-state index contributed by atoms with van der Waals surface area (Å²) in [7, 11) is 0. The van der Waals surface area contributed by atoms with Gasteiger partial charge in [-0.15, -0.1) is 5.10 Å². The molecule has 0 bridgehead atoms. The van der Waals surface area contributed by atoms with Crippen molar-refractivity contribution in [2.45, 2.75) is 26.2 Å². The van der Waals surface area contributed by atoms with E-state index in [1.807, 2.05) is 25.7 Å². The van der Waals surface area contributed by atoms with Crippen LogP contribution in [0, 0.1) is 11.8 Å². The number of nitrogens with one attached hydrogen (secondary N) is 2. The van der Waals surface area contributed by atoms with Crippen molar-refractivity contribution in [3.8, 4) is 0 Å². The maximum atomic E-state index is 12.4. The van der Waals surface area contributed by atoms with E-state index in [0.717, 1.165) is 32.0 Å². The highest BCUT2D eigenvalue weighted by Gasteiger charge is 2.39. The summed E-state index contributed by atoms with van der Waals surface area (Å²) in [6.07, 6.45) is 0. The smallest absolute Gasteiger partial charge is 0.293 e. The second kappa shape index (κ2) is 4.30. The summed E-state index contributed by atoms with van der Waals surface area (Å²) >= 11 is 0. The number of aromatic nitrogens is 3. The molecule has 6 heteroatoms. The molecule has 1 aromatic heterocycles. The van der Waals surface area contributed by atoms with Crippen molar-refractivity contribution < 1.29 is 4.79 Å². The molecule has 3 heterocycles. The van der Waals surface area contributed by atoms with E-state index in [4.69, 9.17) is 0 Å². The van der Waals surface area contributed by atoms with Gasteiger partial charge < -0.3 is 10.2 Å². The summed E-state index contributed by atoms with van der Waals surface area (Å²) in [4.78, 5) is 18.6. The first-order valence-electron chi connectivity index (χ1n) is 6.88. The summed E-state index contributed by atoms with van der Waals surface area (Å²) in [6, 6.07) is 0. The Kier molecular flexibility index (Phi) is 2.85. The lowest BCUT2D eigenvalue weighted by molar-refractivity contribution is 0.0770. The van der Waals surface area contributed by atoms with Crippen LogP contribution in [0.3, 0.4) is 0 Å². The van der Waals surface area contributed by atoms with Crippen LogP contribution < -0.4 is 5.32 Å². The van der Waals surface area contributed by atoms with Crippen molar-refractivity contribution in [1.82, 2.24) is 25.4 Å². The van der Waals surface area contributed by atoms with Crippen LogP contribution in [-0.4, -0.2) is 52.2 Å². The molecule has 104 valence electrons. The molecule has 6 nitrogen and oxygen atoms in total. The third kappa shape index (κ3) is 2.25. The zero-order valence-corrected chi connectivity index (χ0v) is 11.7. The van der Waals surface area contributed by atoms with Gasteiger partial charge in [-0.3, -0.25) is 9.89 Å². The van der Waals surface area contributed by atoms with Gasteiger partial charge in [0.1, 0.15) is 5.82 Å². The number of amides is 1. The van der Waals surface area contributed by atoms with Gasteiger partial charge in [0.2, 0.25) is 5.82 Å². The third-order valence-corrected chi connectivity index (χ3v) is 4.06. The first-order valence-corrected chi connectivity index (χ1v) is 6.88. The van der Waals surface area contributed by atoms with Crippen molar-refractivity contribution in [3.05, 3.63) is 11.6 Å². The molecule has 0 aromatic carbocycles. The Balaban J connectivity index is 1.73. The fraction of sp³-hybridized carbons (Fsp3) is 0.769. The normalized spacial score (nSPS) is 26.8. The molecule has 2 atom stereocenters. The fourth-order valence-electron chi connectivity index (χ4n) is 2.86. The number of carbonyl (C=O) groups excluding carboxylic acids is 1. The van der Waals surface area contributed by atoms with Gasteiger partial charge in [-0.2, -0.15) is 0 Å². The van der Waals surface area contributed by atoms with Crippen molar-refractivity contribution in [2.24, 2.45) is 11.8 Å². The number of hydrogen-bond acceptors (Lipinski definition) is 4. The topological polar surface area (TPSA) is 73.9 Å². The van der Waals surface area contributed by atoms with Crippen LogP contribution in [0.2, 0.25) is 0 Å². The number of fused-ring (bicyclic) bond motifs is 1. The van der Waals surface area contributed by atoms with Crippen molar-refractivity contribution in [1.29, 1.82) is 0 Å². The number of rotatable bonds is 1. The average molecular weight is 263 g/mol. The van der Waals surface area contributed by atoms with E-state index >= 15 is 0 Å². The van der Waals surface area contributed by atoms with E-state index in [9.17, 15) is 4.79 Å². The SMILES string of the molecule is CC(C)(C)c1nc(C(=O)N2CC3CNCC3C2)n[nH]1. The van der Waals surface area contributed by atoms with E-state index in [0.29, 0.717) is 17.7 Å². The number of likely N-dealkylation sites (tertiary alicyclic amines) is 1. The molecule has 0 saturated carbocycles. The van der Waals surface area contributed by atoms with E-state index in [1.165, 1.54) is 0 Å². The van der Waals surface area contributed by atoms with Gasteiger partial charge in [0, 0.05) is 31.6 Å². The second-order valence-electron chi connectivity index (χ2n) is 6.65. The lowest BCUT2D eigenvalue weighted by Gasteiger charge is -2.15. The summed E-state index contributed by atoms with van der Waals surface area (Å²) < 4.78 is 0. The largest absolute Gasteiger partial charge is 0.335 e. The molecule has 3 rings (SSSR count). The standard InChI is InChI=1S/C13H21N5O/c1-13(2,3)12-15-10(16-17-12)11(19)18-6-8-4-14-5-9(8)7-18/h8-9,14H,4-7H2,1-3H3,(H,15,16,17). The zero-order chi connectivity index (χ0) is 13.6. The van der Waals surface area contributed by atoms with Gasteiger partial charge in [-0.1, -0.05) is 20.8 Å². The lowest BCUT2D eigenvalue weighted by atomic mass is 9.96. The first-order chi connectivity index (χ1) is 8.95. The molecule has 2 fully saturated rings. The second-order valence-corrected chi connectivity index (χ2v) is 6.65. The Morgan fingerprint density at radius 2 is 1.89 bits per heavy atom. The van der Waals surface area contributed by atoms with Gasteiger partial charge in [0.25, 0.3) is 5.91 Å². The van der Waals surface area contributed by atoms with Crippen LogP contribution in [0.25, 0.3) is 0 Å². The van der Waals surface area contributed by atoms with Crippen LogP contribution in [0.15, 0.2) is 0 Å². The molecule has 0 aliphatic carbocycles. The molecule has 2 aliphatic rings. The predicted octanol–water partition coefficient (Wildman–Crippen LogP) is 0.394. The Morgan fingerprint density at radius 3 is 2.42 bits per heavy atom. The van der Waals surface area contributed by atoms with Crippen LogP contribution in [0.4, 0.5) is 0 Å². The van der Waals surface area contributed by atoms with E-state index in [1.54, 1.807) is 0 Å². The third-order valence-electron chi connectivity index (χ3n) is 4.06. The molecule has 19 heavy (non-hydrogen) atoms. The van der Waals surface area contributed by atoms with E-state index < -0.39 is 0 Å². The highest BCUT2D eigenvalue weighted by Crippen LogP contribution is 2.27. The summed E-state index contributed by atoms with van der Waals surface area (Å²) in [5.41, 5.74) is -0.114. The highest BCUT2D eigenvalue weighted by molar-refractivity contribution is 5.90. The summed E-state index contributed by atoms with van der Waals surface area (Å²) in [5.74, 6) is 2.23. The van der Waals surface area contributed by atoms with Gasteiger partial charge in [0.05, 0.1) is 0 Å². The van der Waals surface area contributed by atoms with Gasteiger partial charge >= 0.3 is 0 Å². The van der Waals surface area contributed by atoms with Crippen LogP contribution in [0.1, 0.15) is 37.2 Å². The maximum Gasteiger partial charge on any atom is 0.293 e. The van der Waals surface area contributed by atoms with E-state index in [2.05, 4.69) is 20.5 Å². The molecule has 2 saturated heterocycles. The molecule has 2 aliphatic heterocycles. The number of carbonyl (C=O) groups is 1. The minimum atomic E-state index is -0.114. The monoisotopic (exact) mass is 263 g/mol.